The van der Waals surface area contributed by atoms with Gasteiger partial charge in [-0.05, 0) is 53.4 Å². The average Bonchev–Trinajstić information content (AvgIpc) is 2.42. The number of piperidine rings is 1. The molecule has 7 heteroatoms. The number of hydrogen-bond donors (Lipinski definition) is 2. The maximum Gasteiger partial charge on any atom is 0.322 e. The van der Waals surface area contributed by atoms with Crippen LogP contribution < -0.4 is 5.32 Å². The maximum atomic E-state index is 13.2. The van der Waals surface area contributed by atoms with E-state index in [-0.39, 0.29) is 12.5 Å². The lowest BCUT2D eigenvalue weighted by molar-refractivity contribution is -0.138. The van der Waals surface area contributed by atoms with E-state index < -0.39 is 17.8 Å². The van der Waals surface area contributed by atoms with E-state index >= 15 is 0 Å². The van der Waals surface area contributed by atoms with E-state index in [2.05, 4.69) is 21.2 Å². The molecule has 0 saturated carbocycles. The number of benzene rings is 1. The van der Waals surface area contributed by atoms with E-state index in [0.717, 1.165) is 12.8 Å². The minimum Gasteiger partial charge on any atom is -0.481 e. The summed E-state index contributed by atoms with van der Waals surface area (Å²) in [6.07, 6.45) is 2.35. The fourth-order valence-corrected chi connectivity index (χ4v) is 2.81. The molecule has 1 atom stereocenters. The Hall–Kier alpha value is -1.63. The number of hydrogen-bond acceptors (Lipinski definition) is 2. The standard InChI is InChI=1S/C14H16BrFN2O3/c15-11-5-4-9(16)7-12(11)17-14(21)18-6-2-1-3-10(18)8-13(19)20/h4-5,7,10H,1-3,6,8H2,(H,17,21)(H,19,20). The molecule has 1 aliphatic heterocycles. The summed E-state index contributed by atoms with van der Waals surface area (Å²) in [6.45, 7) is 0.511. The first-order valence-electron chi connectivity index (χ1n) is 6.72. The zero-order chi connectivity index (χ0) is 15.4. The van der Waals surface area contributed by atoms with Crippen LogP contribution >= 0.6 is 15.9 Å². The number of rotatable bonds is 3. The normalized spacial score (nSPS) is 18.4. The minimum absolute atomic E-state index is 0.0717. The Balaban J connectivity index is 2.10. The quantitative estimate of drug-likeness (QED) is 0.869. The first kappa shape index (κ1) is 15.8. The zero-order valence-corrected chi connectivity index (χ0v) is 12.9. The molecule has 2 rings (SSSR count). The lowest BCUT2D eigenvalue weighted by Crippen LogP contribution is -2.46. The number of urea groups is 1. The fourth-order valence-electron chi connectivity index (χ4n) is 2.46. The molecular weight excluding hydrogens is 343 g/mol. The number of halogens is 2. The van der Waals surface area contributed by atoms with Gasteiger partial charge in [0, 0.05) is 17.1 Å². The first-order chi connectivity index (χ1) is 9.97. The van der Waals surface area contributed by atoms with E-state index in [1.165, 1.54) is 23.1 Å². The Morgan fingerprint density at radius 1 is 1.43 bits per heavy atom. The van der Waals surface area contributed by atoms with Crippen molar-refractivity contribution in [2.75, 3.05) is 11.9 Å². The van der Waals surface area contributed by atoms with Crippen LogP contribution in [0.4, 0.5) is 14.9 Å². The molecule has 5 nitrogen and oxygen atoms in total. The van der Waals surface area contributed by atoms with E-state index in [1.807, 2.05) is 0 Å². The summed E-state index contributed by atoms with van der Waals surface area (Å²) in [5, 5.41) is 11.6. The van der Waals surface area contributed by atoms with Crippen molar-refractivity contribution in [1.29, 1.82) is 0 Å². The van der Waals surface area contributed by atoms with Crippen LogP contribution in [-0.4, -0.2) is 34.6 Å². The summed E-state index contributed by atoms with van der Waals surface area (Å²) < 4.78 is 13.8. The number of amides is 2. The second kappa shape index (κ2) is 6.89. The van der Waals surface area contributed by atoms with Crippen molar-refractivity contribution in [2.24, 2.45) is 0 Å². The molecule has 2 amide bonds. The number of nitrogens with zero attached hydrogens (tertiary/aromatic N) is 1. The van der Waals surface area contributed by atoms with Crippen molar-refractivity contribution in [1.82, 2.24) is 4.90 Å². The van der Waals surface area contributed by atoms with Gasteiger partial charge in [0.2, 0.25) is 0 Å². The van der Waals surface area contributed by atoms with Crippen LogP contribution in [0, 0.1) is 5.82 Å². The number of carbonyl (C=O) groups is 2. The minimum atomic E-state index is -0.924. The van der Waals surface area contributed by atoms with Gasteiger partial charge in [-0.15, -0.1) is 0 Å². The molecule has 0 radical (unpaired) electrons. The summed E-state index contributed by atoms with van der Waals surface area (Å²) in [5.74, 6) is -1.37. The molecule has 114 valence electrons. The monoisotopic (exact) mass is 358 g/mol. The van der Waals surface area contributed by atoms with Gasteiger partial charge in [-0.25, -0.2) is 9.18 Å². The molecule has 0 bridgehead atoms. The Kier molecular flexibility index (Phi) is 5.17. The van der Waals surface area contributed by atoms with Crippen LogP contribution in [-0.2, 0) is 4.79 Å². The number of carboxylic acid groups (broad SMARTS) is 1. The number of aliphatic carboxylic acids is 1. The Morgan fingerprint density at radius 3 is 2.90 bits per heavy atom. The van der Waals surface area contributed by atoms with Gasteiger partial charge in [-0.3, -0.25) is 4.79 Å². The third-order valence-corrected chi connectivity index (χ3v) is 4.16. The van der Waals surface area contributed by atoms with E-state index in [4.69, 9.17) is 5.11 Å². The smallest absolute Gasteiger partial charge is 0.322 e. The lowest BCUT2D eigenvalue weighted by Gasteiger charge is -2.35. The highest BCUT2D eigenvalue weighted by molar-refractivity contribution is 9.10. The molecule has 21 heavy (non-hydrogen) atoms. The largest absolute Gasteiger partial charge is 0.481 e. The maximum absolute atomic E-state index is 13.2. The second-order valence-electron chi connectivity index (χ2n) is 5.00. The number of carboxylic acids is 1. The van der Waals surface area contributed by atoms with E-state index in [0.29, 0.717) is 23.1 Å². The molecular formula is C14H16BrFN2O3. The molecule has 1 fully saturated rings. The first-order valence-corrected chi connectivity index (χ1v) is 7.51. The third-order valence-electron chi connectivity index (χ3n) is 3.47. The van der Waals surface area contributed by atoms with Gasteiger partial charge in [0.1, 0.15) is 5.82 Å². The van der Waals surface area contributed by atoms with Crippen molar-refractivity contribution in [3.8, 4) is 0 Å². The summed E-state index contributed by atoms with van der Waals surface area (Å²) in [7, 11) is 0. The molecule has 1 aromatic carbocycles. The molecule has 1 aromatic rings. The number of carbonyl (C=O) groups excluding carboxylic acids is 1. The fraction of sp³-hybridized carbons (Fsp3) is 0.429. The zero-order valence-electron chi connectivity index (χ0n) is 11.3. The van der Waals surface area contributed by atoms with Crippen LogP contribution in [0.2, 0.25) is 0 Å². The highest BCUT2D eigenvalue weighted by atomic mass is 79.9. The van der Waals surface area contributed by atoms with Crippen LogP contribution in [0.1, 0.15) is 25.7 Å². The van der Waals surface area contributed by atoms with E-state index in [9.17, 15) is 14.0 Å². The summed E-state index contributed by atoms with van der Waals surface area (Å²) in [6, 6.07) is 3.30. The van der Waals surface area contributed by atoms with Crippen LogP contribution in [0.25, 0.3) is 0 Å². The number of likely N-dealkylation sites (tertiary alicyclic amines) is 1. The molecule has 1 unspecified atom stereocenters. The predicted molar refractivity (Wildman–Crippen MR) is 79.7 cm³/mol. The third kappa shape index (κ3) is 4.17. The van der Waals surface area contributed by atoms with Crippen LogP contribution in [0.3, 0.4) is 0 Å². The van der Waals surface area contributed by atoms with Gasteiger partial charge in [0.15, 0.2) is 0 Å². The van der Waals surface area contributed by atoms with Crippen molar-refractivity contribution in [3.63, 3.8) is 0 Å². The molecule has 1 heterocycles. The van der Waals surface area contributed by atoms with Gasteiger partial charge in [-0.1, -0.05) is 0 Å². The van der Waals surface area contributed by atoms with Crippen molar-refractivity contribution in [2.45, 2.75) is 31.7 Å². The van der Waals surface area contributed by atoms with Gasteiger partial charge in [-0.2, -0.15) is 0 Å². The van der Waals surface area contributed by atoms with Gasteiger partial charge >= 0.3 is 12.0 Å². The summed E-state index contributed by atoms with van der Waals surface area (Å²) in [5.41, 5.74) is 0.333. The van der Waals surface area contributed by atoms with Crippen molar-refractivity contribution >= 4 is 33.6 Å². The Bertz CT molecular complexity index is 553. The molecule has 1 saturated heterocycles. The molecule has 0 aromatic heterocycles. The highest BCUT2D eigenvalue weighted by Gasteiger charge is 2.28. The Morgan fingerprint density at radius 2 is 2.19 bits per heavy atom. The summed E-state index contributed by atoms with van der Waals surface area (Å²) in [4.78, 5) is 24.7. The average molecular weight is 359 g/mol. The van der Waals surface area contributed by atoms with Crippen LogP contribution in [0.5, 0.6) is 0 Å². The van der Waals surface area contributed by atoms with E-state index in [1.54, 1.807) is 0 Å². The SMILES string of the molecule is O=C(O)CC1CCCCN1C(=O)Nc1cc(F)ccc1Br. The van der Waals surface area contributed by atoms with Gasteiger partial charge < -0.3 is 15.3 Å². The van der Waals surface area contributed by atoms with Crippen molar-refractivity contribution < 1.29 is 19.1 Å². The molecule has 0 spiro atoms. The second-order valence-corrected chi connectivity index (χ2v) is 5.85. The lowest BCUT2D eigenvalue weighted by atomic mass is 10.00. The molecule has 0 aliphatic carbocycles. The number of anilines is 1. The summed E-state index contributed by atoms with van der Waals surface area (Å²) >= 11 is 3.24. The van der Waals surface area contributed by atoms with Crippen molar-refractivity contribution in [3.05, 3.63) is 28.5 Å². The molecule has 1 aliphatic rings. The van der Waals surface area contributed by atoms with Gasteiger partial charge in [0.05, 0.1) is 12.1 Å². The van der Waals surface area contributed by atoms with Crippen LogP contribution in [0.15, 0.2) is 22.7 Å². The predicted octanol–water partition coefficient (Wildman–Crippen LogP) is 3.45. The topological polar surface area (TPSA) is 69.6 Å². The number of nitrogens with one attached hydrogen (secondary N) is 1. The van der Waals surface area contributed by atoms with Gasteiger partial charge in [0.25, 0.3) is 0 Å². The Labute approximate surface area is 130 Å². The molecule has 2 N–H and O–H groups in total. The highest BCUT2D eigenvalue weighted by Crippen LogP contribution is 2.25.